The third kappa shape index (κ3) is 5.55. The number of rotatable bonds is 7. The molecule has 1 fully saturated rings. The first-order valence-electron chi connectivity index (χ1n) is 11.5. The number of anilines is 3. The van der Waals surface area contributed by atoms with Crippen molar-refractivity contribution in [2.45, 2.75) is 18.9 Å². The first kappa shape index (κ1) is 24.9. The van der Waals surface area contributed by atoms with Crippen molar-refractivity contribution in [3.63, 3.8) is 0 Å². The minimum Gasteiger partial charge on any atom is -0.383 e. The lowest BCUT2D eigenvalue weighted by molar-refractivity contribution is -0.127. The van der Waals surface area contributed by atoms with E-state index in [0.717, 1.165) is 12.8 Å². The molecule has 5 N–H and O–H groups in total. The number of likely N-dealkylation sites (tertiary alicyclic amines) is 1. The highest BCUT2D eigenvalue weighted by molar-refractivity contribution is 6.35. The van der Waals surface area contributed by atoms with Crippen molar-refractivity contribution in [1.82, 2.24) is 9.88 Å². The van der Waals surface area contributed by atoms with Crippen LogP contribution < -0.4 is 16.4 Å². The molecule has 0 saturated carbocycles. The number of nitrogen functional groups attached to an aromatic ring is 1. The number of benzene rings is 2. The Bertz CT molecular complexity index is 1290. The van der Waals surface area contributed by atoms with Crippen LogP contribution in [-0.4, -0.2) is 46.5 Å². The van der Waals surface area contributed by atoms with E-state index in [1.54, 1.807) is 29.2 Å². The number of halogens is 1. The third-order valence-electron chi connectivity index (χ3n) is 6.04. The largest absolute Gasteiger partial charge is 0.383 e. The van der Waals surface area contributed by atoms with Gasteiger partial charge in [-0.2, -0.15) is 0 Å². The second kappa shape index (κ2) is 11.0. The molecule has 3 aromatic rings. The zero-order chi connectivity index (χ0) is 25.7. The summed E-state index contributed by atoms with van der Waals surface area (Å²) in [5.41, 5.74) is 8.90. The molecule has 0 aliphatic carbocycles. The zero-order valence-corrected chi connectivity index (χ0v) is 20.4. The number of hydrogen-bond donors (Lipinski definition) is 4. The maximum atomic E-state index is 12.6. The Morgan fingerprint density at radius 2 is 1.83 bits per heavy atom. The van der Waals surface area contributed by atoms with E-state index in [1.165, 1.54) is 12.3 Å². The van der Waals surface area contributed by atoms with Gasteiger partial charge >= 0.3 is 0 Å². The Balaban J connectivity index is 1.55. The normalized spacial score (nSPS) is 15.1. The third-order valence-corrected chi connectivity index (χ3v) is 6.32. The summed E-state index contributed by atoms with van der Waals surface area (Å²) in [6, 6.07) is 15.8. The quantitative estimate of drug-likeness (QED) is 0.278. The average Bonchev–Trinajstić information content (AvgIpc) is 2.91. The molecular weight excluding hydrogens is 476 g/mol. The summed E-state index contributed by atoms with van der Waals surface area (Å²) >= 11 is 6.50. The monoisotopic (exact) mass is 502 g/mol. The summed E-state index contributed by atoms with van der Waals surface area (Å²) < 4.78 is 0. The van der Waals surface area contributed by atoms with Gasteiger partial charge in [-0.05, 0) is 43.2 Å². The molecule has 0 spiro atoms. The number of piperidine rings is 1. The van der Waals surface area contributed by atoms with Gasteiger partial charge in [0.1, 0.15) is 5.82 Å². The van der Waals surface area contributed by atoms with Crippen molar-refractivity contribution in [2.24, 2.45) is 0 Å². The second-order valence-electron chi connectivity index (χ2n) is 8.49. The van der Waals surface area contributed by atoms with Crippen molar-refractivity contribution < 1.29 is 9.59 Å². The van der Waals surface area contributed by atoms with E-state index in [9.17, 15) is 9.59 Å². The first-order valence-corrected chi connectivity index (χ1v) is 11.9. The first-order chi connectivity index (χ1) is 17.4. The number of carbonyl (C=O) groups excluding carboxylic acids is 2. The number of aromatic nitrogens is 1. The lowest BCUT2D eigenvalue weighted by Crippen LogP contribution is -2.44. The molecule has 8 nitrogen and oxygen atoms in total. The number of hydrogen-bond acceptors (Lipinski definition) is 6. The van der Waals surface area contributed by atoms with E-state index in [4.69, 9.17) is 22.7 Å². The molecule has 1 aliphatic rings. The number of para-hydroxylation sites is 1. The van der Waals surface area contributed by atoms with E-state index in [-0.39, 0.29) is 29.4 Å². The van der Waals surface area contributed by atoms with Gasteiger partial charge in [0.15, 0.2) is 0 Å². The highest BCUT2D eigenvalue weighted by Crippen LogP contribution is 2.32. The fourth-order valence-corrected chi connectivity index (χ4v) is 4.38. The second-order valence-corrected chi connectivity index (χ2v) is 8.89. The minimum absolute atomic E-state index is 0.0717. The predicted octanol–water partition coefficient (Wildman–Crippen LogP) is 4.57. The molecule has 2 aromatic carbocycles. The Hall–Kier alpha value is -4.17. The van der Waals surface area contributed by atoms with Crippen LogP contribution in [0.4, 0.5) is 17.2 Å². The standard InChI is InChI=1S/C27H27ClN6O2/c1-2-22(35)34-14-6-9-20(16-34)32-25-21(28)15-31-26(30)23(25)24(29)17-10-12-18(13-11-17)27(36)33-19-7-4-3-5-8-19/h2-5,7-8,10-13,15,20,29H,1,6,9,14,16H2,(H,33,36)(H3,30,31,32)/t20-/m1/s1. The Kier molecular flexibility index (Phi) is 7.65. The SMILES string of the molecule is C=CC(=O)N1CCC[C@@H](Nc2c(Cl)cnc(N)c2C(=N)c2ccc(C(=O)Nc3ccccc3)cc2)C1. The molecule has 0 bridgehead atoms. The number of pyridine rings is 1. The lowest BCUT2D eigenvalue weighted by Gasteiger charge is -2.33. The van der Waals surface area contributed by atoms with Crippen LogP contribution >= 0.6 is 11.6 Å². The van der Waals surface area contributed by atoms with Gasteiger partial charge < -0.3 is 21.3 Å². The van der Waals surface area contributed by atoms with Crippen molar-refractivity contribution in [3.8, 4) is 0 Å². The molecule has 1 atom stereocenters. The van der Waals surface area contributed by atoms with Gasteiger partial charge in [0.2, 0.25) is 5.91 Å². The van der Waals surface area contributed by atoms with Crippen LogP contribution in [0, 0.1) is 5.41 Å². The minimum atomic E-state index is -0.249. The van der Waals surface area contributed by atoms with Crippen LogP contribution in [-0.2, 0) is 4.79 Å². The average molecular weight is 503 g/mol. The number of nitrogens with two attached hydrogens (primary N) is 1. The fourth-order valence-electron chi connectivity index (χ4n) is 4.18. The summed E-state index contributed by atoms with van der Waals surface area (Å²) in [4.78, 5) is 30.5. The summed E-state index contributed by atoms with van der Waals surface area (Å²) in [6.07, 6.45) is 4.42. The van der Waals surface area contributed by atoms with Gasteiger partial charge in [-0.3, -0.25) is 15.0 Å². The van der Waals surface area contributed by atoms with E-state index in [2.05, 4.69) is 22.2 Å². The molecule has 1 saturated heterocycles. The molecular formula is C27H27ClN6O2. The lowest BCUT2D eigenvalue weighted by atomic mass is 9.98. The molecule has 4 rings (SSSR count). The smallest absolute Gasteiger partial charge is 0.255 e. The van der Waals surface area contributed by atoms with Crippen molar-refractivity contribution in [3.05, 3.63) is 95.2 Å². The van der Waals surface area contributed by atoms with Crippen LogP contribution in [0.15, 0.2) is 73.4 Å². The number of amides is 2. The summed E-state index contributed by atoms with van der Waals surface area (Å²) in [7, 11) is 0. The molecule has 1 aromatic heterocycles. The van der Waals surface area contributed by atoms with E-state index >= 15 is 0 Å². The van der Waals surface area contributed by atoms with Crippen LogP contribution in [0.3, 0.4) is 0 Å². The molecule has 1 aliphatic heterocycles. The molecule has 9 heteroatoms. The number of carbonyl (C=O) groups is 2. The van der Waals surface area contributed by atoms with Crippen molar-refractivity contribution in [1.29, 1.82) is 5.41 Å². The molecule has 0 radical (unpaired) electrons. The Morgan fingerprint density at radius 1 is 1.14 bits per heavy atom. The van der Waals surface area contributed by atoms with Gasteiger partial charge in [0.05, 0.1) is 28.2 Å². The van der Waals surface area contributed by atoms with E-state index < -0.39 is 0 Å². The van der Waals surface area contributed by atoms with Crippen LogP contribution in [0.2, 0.25) is 5.02 Å². The highest BCUT2D eigenvalue weighted by Gasteiger charge is 2.25. The maximum Gasteiger partial charge on any atom is 0.255 e. The molecule has 2 heterocycles. The topological polar surface area (TPSA) is 124 Å². The van der Waals surface area contributed by atoms with Crippen molar-refractivity contribution in [2.75, 3.05) is 29.5 Å². The van der Waals surface area contributed by atoms with Gasteiger partial charge in [-0.15, -0.1) is 0 Å². The van der Waals surface area contributed by atoms with E-state index in [0.29, 0.717) is 46.2 Å². The number of nitrogens with one attached hydrogen (secondary N) is 3. The van der Waals surface area contributed by atoms with Gasteiger partial charge in [-0.1, -0.05) is 48.5 Å². The van der Waals surface area contributed by atoms with E-state index in [1.807, 2.05) is 30.3 Å². The van der Waals surface area contributed by atoms with Crippen molar-refractivity contribution >= 4 is 46.3 Å². The van der Waals surface area contributed by atoms with Crippen LogP contribution in [0.5, 0.6) is 0 Å². The van der Waals surface area contributed by atoms with Gasteiger partial charge in [0.25, 0.3) is 5.91 Å². The summed E-state index contributed by atoms with van der Waals surface area (Å²) in [5.74, 6) is -0.208. The Labute approximate surface area is 214 Å². The zero-order valence-electron chi connectivity index (χ0n) is 19.6. The molecule has 184 valence electrons. The van der Waals surface area contributed by atoms with Gasteiger partial charge in [-0.25, -0.2) is 4.98 Å². The molecule has 0 unspecified atom stereocenters. The number of nitrogens with zero attached hydrogens (tertiary/aromatic N) is 2. The van der Waals surface area contributed by atoms with Crippen LogP contribution in [0.1, 0.15) is 34.3 Å². The Morgan fingerprint density at radius 3 is 2.53 bits per heavy atom. The summed E-state index contributed by atoms with van der Waals surface area (Å²) in [6.45, 7) is 4.72. The summed E-state index contributed by atoms with van der Waals surface area (Å²) in [5, 5.41) is 15.4. The molecule has 36 heavy (non-hydrogen) atoms. The van der Waals surface area contributed by atoms with Crippen LogP contribution in [0.25, 0.3) is 0 Å². The fraction of sp³-hybridized carbons (Fsp3) is 0.185. The maximum absolute atomic E-state index is 12.6. The highest BCUT2D eigenvalue weighted by atomic mass is 35.5. The predicted molar refractivity (Wildman–Crippen MR) is 144 cm³/mol. The molecule has 2 amide bonds. The van der Waals surface area contributed by atoms with Gasteiger partial charge in [0, 0.05) is 35.9 Å².